The fourth-order valence-electron chi connectivity index (χ4n) is 5.49. The Bertz CT molecular complexity index is 1870. The predicted octanol–water partition coefficient (Wildman–Crippen LogP) is 7.03. The number of carbonyl (C=O) groups excluding carboxylic acids is 1. The van der Waals surface area contributed by atoms with E-state index in [-0.39, 0.29) is 30.5 Å². The number of carbonyl (C=O) groups is 1. The molecule has 4 aromatic carbocycles. The first-order valence-corrected chi connectivity index (χ1v) is 16.0. The second-order valence-corrected chi connectivity index (χ2v) is 11.8. The summed E-state index contributed by atoms with van der Waals surface area (Å²) in [7, 11) is 3.08. The summed E-state index contributed by atoms with van der Waals surface area (Å²) in [6, 6.07) is 24.3. The van der Waals surface area contributed by atoms with E-state index in [2.05, 4.69) is 20.9 Å². The fourth-order valence-corrected chi connectivity index (χ4v) is 6.00. The smallest absolute Gasteiger partial charge is 0.266 e. The lowest BCUT2D eigenvalue weighted by Crippen LogP contribution is -2.53. The lowest BCUT2D eigenvalue weighted by Gasteiger charge is -2.31. The number of aliphatic hydroxyl groups excluding tert-OH is 1. The zero-order valence-electron chi connectivity index (χ0n) is 26.7. The molecule has 0 fully saturated rings. The number of aliphatic imine (C=N–C) groups is 1. The van der Waals surface area contributed by atoms with Gasteiger partial charge >= 0.3 is 0 Å². The van der Waals surface area contributed by atoms with Gasteiger partial charge in [0.1, 0.15) is 5.75 Å². The number of halogens is 2. The van der Waals surface area contributed by atoms with Gasteiger partial charge in [0.15, 0.2) is 23.1 Å². The van der Waals surface area contributed by atoms with Gasteiger partial charge in [-0.2, -0.15) is 0 Å². The molecule has 49 heavy (non-hydrogen) atoms. The van der Waals surface area contributed by atoms with Crippen molar-refractivity contribution in [2.75, 3.05) is 27.4 Å². The van der Waals surface area contributed by atoms with Crippen LogP contribution in [0.25, 0.3) is 10.4 Å². The molecule has 0 unspecified atom stereocenters. The average molecular weight is 706 g/mol. The molecule has 0 radical (unpaired) electrons. The number of amides is 1. The number of benzene rings is 4. The van der Waals surface area contributed by atoms with Crippen molar-refractivity contribution in [3.63, 3.8) is 0 Å². The minimum Gasteiger partial charge on any atom is -0.494 e. The average Bonchev–Trinajstić information content (AvgIpc) is 3.49. The van der Waals surface area contributed by atoms with E-state index in [0.29, 0.717) is 57.7 Å². The number of hydrogen-bond donors (Lipinski definition) is 3. The summed E-state index contributed by atoms with van der Waals surface area (Å²) in [5, 5.41) is 13.6. The van der Waals surface area contributed by atoms with E-state index in [1.54, 1.807) is 79.9 Å². The van der Waals surface area contributed by atoms with Crippen molar-refractivity contribution in [1.82, 2.24) is 10.9 Å². The first-order chi connectivity index (χ1) is 23.8. The molecule has 1 aliphatic rings. The maximum atomic E-state index is 14.6. The number of methoxy groups -OCH3 is 2. The standard InChI is InChI=1S/C35H34Cl2N6O6/c1-46-30-10-5-8-24(31(30)47-2)21-39-42-34(45)35(20-23-7-3-4-9-29(23)41-43-38)32(27-16-13-25(36)19-28(27)37)49-33(40-35)22-11-14-26(15-12-22)48-18-6-17-44/h3-5,7-16,19,32,39,44H,6,17-18,20-21H2,1-2H3,(H,42,45)/t32-,35-/m0/s1. The minimum absolute atomic E-state index is 0.0201. The van der Waals surface area contributed by atoms with Crippen molar-refractivity contribution in [3.8, 4) is 17.2 Å². The van der Waals surface area contributed by atoms with E-state index >= 15 is 0 Å². The van der Waals surface area contributed by atoms with Crippen LogP contribution in [0, 0.1) is 0 Å². The van der Waals surface area contributed by atoms with Crippen molar-refractivity contribution >= 4 is 40.7 Å². The summed E-state index contributed by atoms with van der Waals surface area (Å²) in [4.78, 5) is 22.6. The molecule has 1 heterocycles. The van der Waals surface area contributed by atoms with Crippen molar-refractivity contribution in [2.45, 2.75) is 31.0 Å². The summed E-state index contributed by atoms with van der Waals surface area (Å²) in [5.41, 5.74) is 16.1. The molecule has 0 bridgehead atoms. The van der Waals surface area contributed by atoms with Gasteiger partial charge in [0.2, 0.25) is 5.90 Å². The molecular weight excluding hydrogens is 671 g/mol. The third kappa shape index (κ3) is 8.02. The van der Waals surface area contributed by atoms with E-state index in [1.807, 2.05) is 12.1 Å². The van der Waals surface area contributed by atoms with E-state index in [9.17, 15) is 10.3 Å². The van der Waals surface area contributed by atoms with Gasteiger partial charge in [0, 0.05) is 63.3 Å². The lowest BCUT2D eigenvalue weighted by molar-refractivity contribution is -0.130. The second kappa shape index (κ2) is 16.4. The number of hydrazine groups is 1. The maximum Gasteiger partial charge on any atom is 0.266 e. The quantitative estimate of drug-likeness (QED) is 0.0394. The van der Waals surface area contributed by atoms with Crippen LogP contribution in [-0.4, -0.2) is 49.9 Å². The Hall–Kier alpha value is -4.97. The van der Waals surface area contributed by atoms with Crippen LogP contribution in [0.4, 0.5) is 5.69 Å². The fraction of sp³-hybridized carbons (Fsp3) is 0.257. The highest BCUT2D eigenvalue weighted by Gasteiger charge is 2.54. The number of rotatable bonds is 15. The summed E-state index contributed by atoms with van der Waals surface area (Å²) in [5.74, 6) is 1.30. The van der Waals surface area contributed by atoms with Gasteiger partial charge in [-0.05, 0) is 53.6 Å². The number of hydrogen-bond acceptors (Lipinski definition) is 9. The van der Waals surface area contributed by atoms with E-state index in [1.165, 1.54) is 7.11 Å². The molecule has 0 aliphatic carbocycles. The van der Waals surface area contributed by atoms with Gasteiger partial charge in [0.05, 0.1) is 20.8 Å². The summed E-state index contributed by atoms with van der Waals surface area (Å²) >= 11 is 13.0. The summed E-state index contributed by atoms with van der Waals surface area (Å²) in [6.07, 6.45) is -0.581. The SMILES string of the molecule is COc1cccc(CNNC(=O)[C@@]2(Cc3ccccc3N=[N+]=[N-])N=C(c3ccc(OCCCO)cc3)O[C@H]2c2ccc(Cl)cc2Cl)c1OC. The first kappa shape index (κ1) is 35.3. The first-order valence-electron chi connectivity index (χ1n) is 15.2. The number of azide groups is 1. The molecule has 0 saturated carbocycles. The monoisotopic (exact) mass is 704 g/mol. The minimum atomic E-state index is -1.67. The van der Waals surface area contributed by atoms with Crippen molar-refractivity contribution < 1.29 is 28.8 Å². The van der Waals surface area contributed by atoms with Gasteiger partial charge in [0.25, 0.3) is 5.91 Å². The van der Waals surface area contributed by atoms with Crippen LogP contribution < -0.4 is 25.1 Å². The molecule has 4 aromatic rings. The summed E-state index contributed by atoms with van der Waals surface area (Å²) < 4.78 is 23.2. The zero-order valence-corrected chi connectivity index (χ0v) is 28.2. The Morgan fingerprint density at radius 2 is 1.82 bits per heavy atom. The molecule has 254 valence electrons. The van der Waals surface area contributed by atoms with Crippen LogP contribution >= 0.6 is 23.2 Å². The lowest BCUT2D eigenvalue weighted by atomic mass is 9.81. The van der Waals surface area contributed by atoms with Crippen molar-refractivity contribution in [2.24, 2.45) is 10.1 Å². The highest BCUT2D eigenvalue weighted by atomic mass is 35.5. The van der Waals surface area contributed by atoms with Crippen LogP contribution in [0.1, 0.15) is 34.8 Å². The van der Waals surface area contributed by atoms with Gasteiger partial charge in [-0.25, -0.2) is 10.4 Å². The number of nitrogens with zero attached hydrogens (tertiary/aromatic N) is 4. The molecule has 14 heteroatoms. The summed E-state index contributed by atoms with van der Waals surface area (Å²) in [6.45, 7) is 0.554. The van der Waals surface area contributed by atoms with Crippen LogP contribution in [0.3, 0.4) is 0 Å². The number of ether oxygens (including phenoxy) is 4. The van der Waals surface area contributed by atoms with E-state index < -0.39 is 17.6 Å². The Morgan fingerprint density at radius 3 is 2.53 bits per heavy atom. The van der Waals surface area contributed by atoms with Crippen LogP contribution in [0.15, 0.2) is 95.0 Å². The van der Waals surface area contributed by atoms with Crippen LogP contribution in [0.2, 0.25) is 10.0 Å². The van der Waals surface area contributed by atoms with Gasteiger partial charge in [-0.15, -0.1) is 0 Å². The van der Waals surface area contributed by atoms with Crippen molar-refractivity contribution in [1.29, 1.82) is 0 Å². The topological polar surface area (TPSA) is 159 Å². The normalized spacial score (nSPS) is 16.6. The number of nitrogens with one attached hydrogen (secondary N) is 2. The van der Waals surface area contributed by atoms with E-state index in [4.69, 9.17) is 52.2 Å². The van der Waals surface area contributed by atoms with Gasteiger partial charge in [-0.3, -0.25) is 10.2 Å². The number of aliphatic hydroxyl groups is 1. The zero-order chi connectivity index (χ0) is 34.8. The largest absolute Gasteiger partial charge is 0.494 e. The Kier molecular flexibility index (Phi) is 11.8. The molecule has 0 spiro atoms. The molecule has 1 aliphatic heterocycles. The second-order valence-electron chi connectivity index (χ2n) is 10.9. The molecule has 12 nitrogen and oxygen atoms in total. The molecule has 2 atom stereocenters. The van der Waals surface area contributed by atoms with Gasteiger partial charge in [-0.1, -0.05) is 70.8 Å². The Balaban J connectivity index is 1.58. The molecule has 3 N–H and O–H groups in total. The Morgan fingerprint density at radius 1 is 1.04 bits per heavy atom. The predicted molar refractivity (Wildman–Crippen MR) is 187 cm³/mol. The third-order valence-electron chi connectivity index (χ3n) is 7.84. The molecule has 5 rings (SSSR count). The van der Waals surface area contributed by atoms with Crippen molar-refractivity contribution in [3.05, 3.63) is 128 Å². The molecule has 0 aromatic heterocycles. The number of para-hydroxylation sites is 1. The third-order valence-corrected chi connectivity index (χ3v) is 8.41. The highest BCUT2D eigenvalue weighted by molar-refractivity contribution is 6.35. The molecule has 0 saturated heterocycles. The van der Waals surface area contributed by atoms with Crippen LogP contribution in [0.5, 0.6) is 17.2 Å². The maximum absolute atomic E-state index is 14.6. The van der Waals surface area contributed by atoms with Crippen LogP contribution in [-0.2, 0) is 22.5 Å². The molecular formula is C35H34Cl2N6O6. The Labute approximate surface area is 293 Å². The van der Waals surface area contributed by atoms with Gasteiger partial charge < -0.3 is 24.1 Å². The molecule has 1 amide bonds. The highest BCUT2D eigenvalue weighted by Crippen LogP contribution is 2.46. The van der Waals surface area contributed by atoms with E-state index in [0.717, 1.165) is 5.56 Å².